The smallest absolute Gasteiger partial charge is 0.414 e. The number of amides is 1. The van der Waals surface area contributed by atoms with Gasteiger partial charge in [0.2, 0.25) is 0 Å². The van der Waals surface area contributed by atoms with E-state index in [2.05, 4.69) is 11.9 Å². The van der Waals surface area contributed by atoms with Gasteiger partial charge in [-0.2, -0.15) is 0 Å². The number of likely N-dealkylation sites (N-methyl/N-ethyl adjacent to an activating group) is 1. The number of carbonyl (C=O) groups excluding carboxylic acids is 1. The molecule has 3 rings (SSSR count). The molecule has 1 aromatic carbocycles. The maximum atomic E-state index is 12.5. The Morgan fingerprint density at radius 1 is 1.29 bits per heavy atom. The van der Waals surface area contributed by atoms with Crippen LogP contribution in [0.1, 0.15) is 24.8 Å². The Balaban J connectivity index is 1.78. The topological polar surface area (TPSA) is 58.8 Å². The minimum absolute atomic E-state index is 0.238. The summed E-state index contributed by atoms with van der Waals surface area (Å²) in [7, 11) is 2.09. The number of rotatable bonds is 2. The fraction of sp³-hybridized carbons (Fsp3) is 0.562. The van der Waals surface area contributed by atoms with Gasteiger partial charge in [0, 0.05) is 26.1 Å². The first-order chi connectivity index (χ1) is 10.1. The number of nitrogens with two attached hydrogens (primary N) is 1. The number of nitrogens with zero attached hydrogens (tertiary/aromatic N) is 2. The van der Waals surface area contributed by atoms with Crippen LogP contribution in [0.2, 0.25) is 0 Å². The lowest BCUT2D eigenvalue weighted by atomic mass is 9.88. The minimum Gasteiger partial charge on any atom is -0.441 e. The predicted molar refractivity (Wildman–Crippen MR) is 82.2 cm³/mol. The second-order valence-corrected chi connectivity index (χ2v) is 6.13. The lowest BCUT2D eigenvalue weighted by Gasteiger charge is -2.46. The molecule has 0 aliphatic carbocycles. The number of likely N-dealkylation sites (tertiary alicyclic amines) is 1. The lowest BCUT2D eigenvalue weighted by molar-refractivity contribution is -0.0499. The van der Waals surface area contributed by atoms with Gasteiger partial charge >= 0.3 is 6.09 Å². The number of anilines is 1. The normalized spacial score (nSPS) is 27.0. The molecule has 2 aliphatic rings. The fourth-order valence-corrected chi connectivity index (χ4v) is 3.47. The number of benzene rings is 1. The van der Waals surface area contributed by atoms with Crippen LogP contribution in [0.4, 0.5) is 10.5 Å². The second kappa shape index (κ2) is 5.66. The molecule has 0 bridgehead atoms. The number of ether oxygens (including phenoxy) is 1. The van der Waals surface area contributed by atoms with Crippen molar-refractivity contribution in [3.8, 4) is 0 Å². The van der Waals surface area contributed by atoms with Crippen molar-refractivity contribution in [1.29, 1.82) is 0 Å². The number of piperidine rings is 1. The average Bonchev–Trinajstić information content (AvgIpc) is 2.47. The molecule has 21 heavy (non-hydrogen) atoms. The van der Waals surface area contributed by atoms with Crippen molar-refractivity contribution >= 4 is 11.8 Å². The summed E-state index contributed by atoms with van der Waals surface area (Å²) in [5.74, 6) is 0. The van der Waals surface area contributed by atoms with E-state index in [4.69, 9.17) is 10.5 Å². The van der Waals surface area contributed by atoms with Gasteiger partial charge in [0.05, 0.1) is 5.69 Å². The summed E-state index contributed by atoms with van der Waals surface area (Å²) in [6.45, 7) is 3.04. The largest absolute Gasteiger partial charge is 0.441 e. The van der Waals surface area contributed by atoms with Gasteiger partial charge in [-0.15, -0.1) is 0 Å². The standard InChI is InChI=1S/C16H23N3O2/c1-18-9-4-7-16(12-18)8-10-19(15(20)21-16)14-6-3-2-5-13(14)11-17/h2-3,5-6H,4,7-12,17H2,1H3. The third kappa shape index (κ3) is 2.76. The second-order valence-electron chi connectivity index (χ2n) is 6.13. The van der Waals surface area contributed by atoms with Gasteiger partial charge in [0.1, 0.15) is 5.60 Å². The molecule has 2 fully saturated rings. The van der Waals surface area contributed by atoms with E-state index in [9.17, 15) is 4.79 Å². The van der Waals surface area contributed by atoms with Crippen LogP contribution < -0.4 is 10.6 Å². The SMILES string of the molecule is CN1CCCC2(CCN(c3ccccc3CN)C(=O)O2)C1. The zero-order chi connectivity index (χ0) is 14.9. The number of para-hydroxylation sites is 1. The van der Waals surface area contributed by atoms with Gasteiger partial charge in [-0.3, -0.25) is 4.90 Å². The number of hydrogen-bond donors (Lipinski definition) is 1. The lowest BCUT2D eigenvalue weighted by Crippen LogP contribution is -2.56. The van der Waals surface area contributed by atoms with Crippen molar-refractivity contribution in [1.82, 2.24) is 4.90 Å². The van der Waals surface area contributed by atoms with Crippen molar-refractivity contribution < 1.29 is 9.53 Å². The van der Waals surface area contributed by atoms with Crippen LogP contribution in [-0.4, -0.2) is 43.3 Å². The third-order valence-electron chi connectivity index (χ3n) is 4.55. The first-order valence-electron chi connectivity index (χ1n) is 7.61. The van der Waals surface area contributed by atoms with Crippen LogP contribution in [0, 0.1) is 0 Å². The summed E-state index contributed by atoms with van der Waals surface area (Å²) < 4.78 is 5.86. The van der Waals surface area contributed by atoms with E-state index in [1.54, 1.807) is 4.90 Å². The van der Waals surface area contributed by atoms with E-state index in [1.165, 1.54) is 0 Å². The first-order valence-corrected chi connectivity index (χ1v) is 7.61. The van der Waals surface area contributed by atoms with E-state index >= 15 is 0 Å². The maximum absolute atomic E-state index is 12.5. The third-order valence-corrected chi connectivity index (χ3v) is 4.55. The molecule has 2 heterocycles. The Kier molecular flexibility index (Phi) is 3.87. The van der Waals surface area contributed by atoms with E-state index in [-0.39, 0.29) is 11.7 Å². The van der Waals surface area contributed by atoms with E-state index in [0.717, 1.165) is 43.6 Å². The van der Waals surface area contributed by atoms with Gasteiger partial charge in [0.15, 0.2) is 0 Å². The molecular weight excluding hydrogens is 266 g/mol. The van der Waals surface area contributed by atoms with Crippen LogP contribution in [0.25, 0.3) is 0 Å². The summed E-state index contributed by atoms with van der Waals surface area (Å²) in [4.78, 5) is 16.5. The minimum atomic E-state index is -0.293. The molecule has 1 aromatic rings. The zero-order valence-electron chi connectivity index (χ0n) is 12.5. The van der Waals surface area contributed by atoms with Crippen molar-refractivity contribution in [2.24, 2.45) is 5.73 Å². The van der Waals surface area contributed by atoms with Crippen LogP contribution in [0.15, 0.2) is 24.3 Å². The average molecular weight is 289 g/mol. The van der Waals surface area contributed by atoms with E-state index < -0.39 is 0 Å². The van der Waals surface area contributed by atoms with Crippen molar-refractivity contribution in [2.75, 3.05) is 31.6 Å². The van der Waals surface area contributed by atoms with Gasteiger partial charge in [-0.25, -0.2) is 4.79 Å². The molecule has 1 amide bonds. The monoisotopic (exact) mass is 289 g/mol. The Morgan fingerprint density at radius 3 is 2.81 bits per heavy atom. The molecule has 2 N–H and O–H groups in total. The molecule has 2 saturated heterocycles. The van der Waals surface area contributed by atoms with Crippen LogP contribution in [-0.2, 0) is 11.3 Å². The highest BCUT2D eigenvalue weighted by Gasteiger charge is 2.43. The van der Waals surface area contributed by atoms with Crippen molar-refractivity contribution in [3.63, 3.8) is 0 Å². The van der Waals surface area contributed by atoms with Gasteiger partial charge in [-0.05, 0) is 38.1 Å². The Hall–Kier alpha value is -1.59. The van der Waals surface area contributed by atoms with Gasteiger partial charge in [0.25, 0.3) is 0 Å². The Morgan fingerprint density at radius 2 is 2.10 bits per heavy atom. The van der Waals surface area contributed by atoms with E-state index in [0.29, 0.717) is 13.1 Å². The fourth-order valence-electron chi connectivity index (χ4n) is 3.47. The quantitative estimate of drug-likeness (QED) is 0.904. The van der Waals surface area contributed by atoms with Gasteiger partial charge in [-0.1, -0.05) is 18.2 Å². The van der Waals surface area contributed by atoms with Crippen LogP contribution in [0.5, 0.6) is 0 Å². The molecule has 0 aromatic heterocycles. The summed E-state index contributed by atoms with van der Waals surface area (Å²) in [5, 5.41) is 0. The molecule has 1 spiro atoms. The molecule has 0 saturated carbocycles. The van der Waals surface area contributed by atoms with Crippen molar-refractivity contribution in [3.05, 3.63) is 29.8 Å². The Labute approximate surface area is 125 Å². The molecule has 0 radical (unpaired) electrons. The maximum Gasteiger partial charge on any atom is 0.414 e. The molecule has 114 valence electrons. The molecular formula is C16H23N3O2. The Bertz CT molecular complexity index is 534. The first kappa shape index (κ1) is 14.4. The summed E-state index contributed by atoms with van der Waals surface area (Å²) in [6.07, 6.45) is 2.69. The van der Waals surface area contributed by atoms with Crippen LogP contribution in [0.3, 0.4) is 0 Å². The van der Waals surface area contributed by atoms with Crippen molar-refractivity contribution in [2.45, 2.75) is 31.4 Å². The predicted octanol–water partition coefficient (Wildman–Crippen LogP) is 1.96. The summed E-state index contributed by atoms with van der Waals surface area (Å²) in [5.41, 5.74) is 7.34. The molecule has 5 heteroatoms. The summed E-state index contributed by atoms with van der Waals surface area (Å²) in [6, 6.07) is 7.77. The van der Waals surface area contributed by atoms with Gasteiger partial charge < -0.3 is 15.4 Å². The number of carbonyl (C=O) groups is 1. The highest BCUT2D eigenvalue weighted by Crippen LogP contribution is 2.34. The van der Waals surface area contributed by atoms with E-state index in [1.807, 2.05) is 24.3 Å². The highest BCUT2D eigenvalue weighted by atomic mass is 16.6. The molecule has 2 aliphatic heterocycles. The zero-order valence-corrected chi connectivity index (χ0v) is 12.5. The molecule has 1 unspecified atom stereocenters. The number of hydrogen-bond acceptors (Lipinski definition) is 4. The highest BCUT2D eigenvalue weighted by molar-refractivity contribution is 5.89. The van der Waals surface area contributed by atoms with Crippen LogP contribution >= 0.6 is 0 Å². The summed E-state index contributed by atoms with van der Waals surface area (Å²) >= 11 is 0. The molecule has 1 atom stereocenters. The molecule has 5 nitrogen and oxygen atoms in total.